The van der Waals surface area contributed by atoms with Crippen molar-refractivity contribution in [2.45, 2.75) is 30.6 Å². The molecule has 2 aromatic carbocycles. The highest BCUT2D eigenvalue weighted by Gasteiger charge is 2.30. The standard InChI is InChI=1S/C20H23FN2O3S/c21-17-7-4-8-18(14-17)22-20(24)12-11-16-6-5-13-23(15-16)27(25,26)19-9-2-1-3-10-19/h1-4,7-10,14,16H,5-6,11-13,15H2,(H,22,24). The number of amides is 1. The molecule has 0 spiro atoms. The molecule has 1 aliphatic rings. The Kier molecular flexibility index (Phi) is 6.23. The van der Waals surface area contributed by atoms with Gasteiger partial charge in [0.05, 0.1) is 4.90 Å². The Bertz CT molecular complexity index is 887. The number of carbonyl (C=O) groups excluding carboxylic acids is 1. The Morgan fingerprint density at radius 2 is 1.93 bits per heavy atom. The highest BCUT2D eigenvalue weighted by molar-refractivity contribution is 7.89. The summed E-state index contributed by atoms with van der Waals surface area (Å²) in [6.45, 7) is 0.924. The zero-order chi connectivity index (χ0) is 19.3. The topological polar surface area (TPSA) is 66.5 Å². The molecule has 1 N–H and O–H groups in total. The Labute approximate surface area is 159 Å². The third kappa shape index (κ3) is 5.14. The van der Waals surface area contributed by atoms with Crippen LogP contribution < -0.4 is 5.32 Å². The van der Waals surface area contributed by atoms with Gasteiger partial charge in [0.1, 0.15) is 5.82 Å². The quantitative estimate of drug-likeness (QED) is 0.819. The Hall–Kier alpha value is -2.25. The predicted octanol–water partition coefficient (Wildman–Crippen LogP) is 3.65. The van der Waals surface area contributed by atoms with Gasteiger partial charge in [0.25, 0.3) is 0 Å². The first-order chi connectivity index (χ1) is 12.9. The first-order valence-electron chi connectivity index (χ1n) is 9.06. The molecule has 1 aliphatic heterocycles. The molecule has 0 saturated carbocycles. The Morgan fingerprint density at radius 1 is 1.15 bits per heavy atom. The molecule has 2 aromatic rings. The van der Waals surface area contributed by atoms with Gasteiger partial charge in [-0.3, -0.25) is 4.79 Å². The average Bonchev–Trinajstić information content (AvgIpc) is 2.67. The molecular formula is C20H23FN2O3S. The lowest BCUT2D eigenvalue weighted by molar-refractivity contribution is -0.116. The maximum absolute atomic E-state index is 13.2. The van der Waals surface area contributed by atoms with Gasteiger partial charge >= 0.3 is 0 Å². The second kappa shape index (κ2) is 8.63. The van der Waals surface area contributed by atoms with Crippen molar-refractivity contribution in [1.29, 1.82) is 0 Å². The number of nitrogens with one attached hydrogen (secondary N) is 1. The van der Waals surface area contributed by atoms with E-state index in [1.54, 1.807) is 42.5 Å². The van der Waals surface area contributed by atoms with Gasteiger partial charge in [0.2, 0.25) is 15.9 Å². The van der Waals surface area contributed by atoms with Crippen LogP contribution in [0.4, 0.5) is 10.1 Å². The van der Waals surface area contributed by atoms with Gasteiger partial charge in [0, 0.05) is 25.2 Å². The van der Waals surface area contributed by atoms with Crippen LogP contribution in [0.3, 0.4) is 0 Å². The van der Waals surface area contributed by atoms with E-state index in [0.29, 0.717) is 30.1 Å². The Balaban J connectivity index is 1.55. The van der Waals surface area contributed by atoms with Crippen LogP contribution in [0.25, 0.3) is 0 Å². The van der Waals surface area contributed by atoms with Gasteiger partial charge in [-0.15, -0.1) is 0 Å². The van der Waals surface area contributed by atoms with Crippen molar-refractivity contribution < 1.29 is 17.6 Å². The number of rotatable bonds is 6. The summed E-state index contributed by atoms with van der Waals surface area (Å²) in [5.74, 6) is -0.457. The SMILES string of the molecule is O=C(CCC1CCCN(S(=O)(=O)c2ccccc2)C1)Nc1cccc(F)c1. The van der Waals surface area contributed by atoms with Gasteiger partial charge in [-0.05, 0) is 55.5 Å². The summed E-state index contributed by atoms with van der Waals surface area (Å²) in [6.07, 6.45) is 2.55. The van der Waals surface area contributed by atoms with E-state index in [1.165, 1.54) is 16.4 Å². The summed E-state index contributed by atoms with van der Waals surface area (Å²) in [6, 6.07) is 14.2. The minimum absolute atomic E-state index is 0.135. The molecule has 1 fully saturated rings. The number of anilines is 1. The van der Waals surface area contributed by atoms with Gasteiger partial charge in [-0.25, -0.2) is 12.8 Å². The van der Waals surface area contributed by atoms with Crippen LogP contribution in [0.1, 0.15) is 25.7 Å². The first-order valence-corrected chi connectivity index (χ1v) is 10.5. The Morgan fingerprint density at radius 3 is 2.67 bits per heavy atom. The fraction of sp³-hybridized carbons (Fsp3) is 0.350. The third-order valence-electron chi connectivity index (χ3n) is 4.75. The average molecular weight is 390 g/mol. The monoisotopic (exact) mass is 390 g/mol. The van der Waals surface area contributed by atoms with E-state index in [0.717, 1.165) is 12.8 Å². The zero-order valence-corrected chi connectivity index (χ0v) is 15.8. The van der Waals surface area contributed by atoms with E-state index in [-0.39, 0.29) is 18.2 Å². The molecule has 0 radical (unpaired) electrons. The summed E-state index contributed by atoms with van der Waals surface area (Å²) >= 11 is 0. The second-order valence-electron chi connectivity index (χ2n) is 6.78. The molecule has 1 heterocycles. The molecule has 1 amide bonds. The first kappa shape index (κ1) is 19.5. The number of hydrogen-bond acceptors (Lipinski definition) is 3. The summed E-state index contributed by atoms with van der Waals surface area (Å²) in [5, 5.41) is 2.68. The van der Waals surface area contributed by atoms with Crippen LogP contribution >= 0.6 is 0 Å². The van der Waals surface area contributed by atoms with Crippen LogP contribution in [-0.4, -0.2) is 31.7 Å². The minimum atomic E-state index is -3.50. The van der Waals surface area contributed by atoms with E-state index in [4.69, 9.17) is 0 Å². The maximum atomic E-state index is 13.2. The van der Waals surface area contributed by atoms with Crippen molar-refractivity contribution in [2.24, 2.45) is 5.92 Å². The van der Waals surface area contributed by atoms with E-state index < -0.39 is 15.8 Å². The molecule has 1 unspecified atom stereocenters. The molecule has 0 bridgehead atoms. The van der Waals surface area contributed by atoms with Gasteiger partial charge in [-0.1, -0.05) is 24.3 Å². The van der Waals surface area contributed by atoms with Crippen molar-refractivity contribution in [3.8, 4) is 0 Å². The highest BCUT2D eigenvalue weighted by atomic mass is 32.2. The van der Waals surface area contributed by atoms with Crippen molar-refractivity contribution in [1.82, 2.24) is 4.31 Å². The molecule has 1 atom stereocenters. The number of hydrogen-bond donors (Lipinski definition) is 1. The molecule has 1 saturated heterocycles. The van der Waals surface area contributed by atoms with Crippen molar-refractivity contribution in [2.75, 3.05) is 18.4 Å². The smallest absolute Gasteiger partial charge is 0.243 e. The second-order valence-corrected chi connectivity index (χ2v) is 8.72. The molecular weight excluding hydrogens is 367 g/mol. The summed E-state index contributed by atoms with van der Waals surface area (Å²) in [7, 11) is -3.50. The van der Waals surface area contributed by atoms with Crippen LogP contribution in [0.5, 0.6) is 0 Å². The van der Waals surface area contributed by atoms with E-state index in [2.05, 4.69) is 5.32 Å². The lowest BCUT2D eigenvalue weighted by atomic mass is 9.94. The van der Waals surface area contributed by atoms with E-state index in [9.17, 15) is 17.6 Å². The summed E-state index contributed by atoms with van der Waals surface area (Å²) < 4.78 is 40.2. The zero-order valence-electron chi connectivity index (χ0n) is 15.0. The molecule has 0 aromatic heterocycles. The number of carbonyl (C=O) groups is 1. The number of nitrogens with zero attached hydrogens (tertiary/aromatic N) is 1. The van der Waals surface area contributed by atoms with Gasteiger partial charge in [-0.2, -0.15) is 4.31 Å². The lowest BCUT2D eigenvalue weighted by Crippen LogP contribution is -2.40. The number of halogens is 1. The third-order valence-corrected chi connectivity index (χ3v) is 6.63. The molecule has 144 valence electrons. The minimum Gasteiger partial charge on any atom is -0.326 e. The van der Waals surface area contributed by atoms with E-state index in [1.807, 2.05) is 0 Å². The normalized spacial score (nSPS) is 18.2. The molecule has 27 heavy (non-hydrogen) atoms. The largest absolute Gasteiger partial charge is 0.326 e. The van der Waals surface area contributed by atoms with Gasteiger partial charge < -0.3 is 5.32 Å². The molecule has 3 rings (SSSR count). The van der Waals surface area contributed by atoms with E-state index >= 15 is 0 Å². The predicted molar refractivity (Wildman–Crippen MR) is 102 cm³/mol. The molecule has 7 heteroatoms. The number of sulfonamides is 1. The summed E-state index contributed by atoms with van der Waals surface area (Å²) in [5.41, 5.74) is 0.428. The lowest BCUT2D eigenvalue weighted by Gasteiger charge is -2.31. The highest BCUT2D eigenvalue weighted by Crippen LogP contribution is 2.26. The van der Waals surface area contributed by atoms with Crippen LogP contribution in [-0.2, 0) is 14.8 Å². The maximum Gasteiger partial charge on any atom is 0.243 e. The van der Waals surface area contributed by atoms with Crippen LogP contribution in [0.2, 0.25) is 0 Å². The fourth-order valence-corrected chi connectivity index (χ4v) is 4.92. The van der Waals surface area contributed by atoms with Gasteiger partial charge in [0.15, 0.2) is 0 Å². The molecule has 5 nitrogen and oxygen atoms in total. The van der Waals surface area contributed by atoms with Crippen LogP contribution in [0.15, 0.2) is 59.5 Å². The van der Waals surface area contributed by atoms with Crippen molar-refractivity contribution >= 4 is 21.6 Å². The van der Waals surface area contributed by atoms with Crippen molar-refractivity contribution in [3.63, 3.8) is 0 Å². The number of piperidine rings is 1. The number of benzene rings is 2. The molecule has 0 aliphatic carbocycles. The van der Waals surface area contributed by atoms with Crippen LogP contribution in [0, 0.1) is 11.7 Å². The van der Waals surface area contributed by atoms with Crippen molar-refractivity contribution in [3.05, 3.63) is 60.4 Å². The fourth-order valence-electron chi connectivity index (χ4n) is 3.35. The summed E-state index contributed by atoms with van der Waals surface area (Å²) in [4.78, 5) is 12.4.